The number of carbonyl (C=O) groups excluding carboxylic acids is 1. The van der Waals surface area contributed by atoms with Gasteiger partial charge < -0.3 is 14.6 Å². The number of nitrogens with zero attached hydrogens (tertiary/aromatic N) is 1. The highest BCUT2D eigenvalue weighted by molar-refractivity contribution is 5.75. The van der Waals surface area contributed by atoms with Gasteiger partial charge in [0, 0.05) is 18.7 Å². The number of rotatable bonds is 6. The van der Waals surface area contributed by atoms with Gasteiger partial charge in [0.1, 0.15) is 18.4 Å². The topological polar surface area (TPSA) is 59.0 Å². The van der Waals surface area contributed by atoms with E-state index in [1.807, 2.05) is 36.4 Å². The second kappa shape index (κ2) is 9.02. The maximum absolute atomic E-state index is 12.1. The molecule has 0 saturated carbocycles. The van der Waals surface area contributed by atoms with Gasteiger partial charge in [0.25, 0.3) is 0 Å². The minimum Gasteiger partial charge on any atom is -0.489 e. The van der Waals surface area contributed by atoms with Gasteiger partial charge >= 0.3 is 5.97 Å². The Morgan fingerprint density at radius 1 is 1.15 bits per heavy atom. The third-order valence-corrected chi connectivity index (χ3v) is 5.15. The van der Waals surface area contributed by atoms with Crippen molar-refractivity contribution in [2.24, 2.45) is 0 Å². The van der Waals surface area contributed by atoms with E-state index in [9.17, 15) is 9.90 Å². The molecule has 3 rings (SSSR count). The van der Waals surface area contributed by atoms with Gasteiger partial charge in [0.15, 0.2) is 0 Å². The highest BCUT2D eigenvalue weighted by Gasteiger charge is 2.33. The normalized spacial score (nSPS) is 20.3. The van der Waals surface area contributed by atoms with Gasteiger partial charge in [-0.25, -0.2) is 0 Å². The van der Waals surface area contributed by atoms with Crippen molar-refractivity contribution in [3.05, 3.63) is 65.2 Å². The molecule has 0 aliphatic carbocycles. The zero-order valence-corrected chi connectivity index (χ0v) is 15.9. The SMILES string of the molecule is COC(=O)[C@@H]1C[C@H](O)CCN1Cc1ccccc1OCc1ccccc1C. The number of hydrogen-bond acceptors (Lipinski definition) is 5. The molecule has 1 fully saturated rings. The minimum absolute atomic E-state index is 0.299. The van der Waals surface area contributed by atoms with E-state index in [2.05, 4.69) is 24.0 Å². The van der Waals surface area contributed by atoms with Crippen molar-refractivity contribution in [3.63, 3.8) is 0 Å². The maximum Gasteiger partial charge on any atom is 0.323 e. The summed E-state index contributed by atoms with van der Waals surface area (Å²) < 4.78 is 11.0. The van der Waals surface area contributed by atoms with E-state index in [1.54, 1.807) is 0 Å². The van der Waals surface area contributed by atoms with Crippen molar-refractivity contribution in [2.75, 3.05) is 13.7 Å². The number of carbonyl (C=O) groups is 1. The number of benzene rings is 2. The number of aliphatic hydroxyl groups excluding tert-OH is 1. The van der Waals surface area contributed by atoms with Crippen molar-refractivity contribution in [3.8, 4) is 5.75 Å². The van der Waals surface area contributed by atoms with Crippen LogP contribution in [0.2, 0.25) is 0 Å². The number of esters is 1. The first kappa shape index (κ1) is 19.4. The molecule has 0 radical (unpaired) electrons. The first-order valence-electron chi connectivity index (χ1n) is 9.33. The van der Waals surface area contributed by atoms with Crippen LogP contribution in [0.15, 0.2) is 48.5 Å². The average Bonchev–Trinajstić information content (AvgIpc) is 2.69. The summed E-state index contributed by atoms with van der Waals surface area (Å²) in [6, 6.07) is 15.6. The molecule has 1 heterocycles. The molecule has 2 aromatic rings. The Balaban J connectivity index is 1.73. The third kappa shape index (κ3) is 4.87. The molecule has 2 aromatic carbocycles. The summed E-state index contributed by atoms with van der Waals surface area (Å²) in [5.41, 5.74) is 3.38. The molecule has 27 heavy (non-hydrogen) atoms. The molecule has 0 aromatic heterocycles. The summed E-state index contributed by atoms with van der Waals surface area (Å²) in [5.74, 6) is 0.516. The largest absolute Gasteiger partial charge is 0.489 e. The van der Waals surface area contributed by atoms with E-state index < -0.39 is 12.1 Å². The van der Waals surface area contributed by atoms with Crippen LogP contribution in [0.4, 0.5) is 0 Å². The monoisotopic (exact) mass is 369 g/mol. The Kier molecular flexibility index (Phi) is 6.48. The van der Waals surface area contributed by atoms with Crippen LogP contribution in [0.5, 0.6) is 5.75 Å². The van der Waals surface area contributed by atoms with E-state index >= 15 is 0 Å². The van der Waals surface area contributed by atoms with E-state index in [-0.39, 0.29) is 5.97 Å². The Labute approximate surface area is 160 Å². The summed E-state index contributed by atoms with van der Waals surface area (Å²) in [6.07, 6.45) is 0.594. The number of hydrogen-bond donors (Lipinski definition) is 1. The van der Waals surface area contributed by atoms with Gasteiger partial charge in [-0.1, -0.05) is 42.5 Å². The van der Waals surface area contributed by atoms with Gasteiger partial charge in [-0.05, 0) is 37.0 Å². The second-order valence-corrected chi connectivity index (χ2v) is 7.01. The van der Waals surface area contributed by atoms with Crippen molar-refractivity contribution < 1.29 is 19.4 Å². The standard InChI is InChI=1S/C22H27NO4/c1-16-7-3-4-9-18(16)15-27-21-10-6-5-8-17(21)14-23-12-11-19(24)13-20(23)22(25)26-2/h3-10,19-20,24H,11-15H2,1-2H3/t19-,20+/m1/s1. The molecule has 144 valence electrons. The summed E-state index contributed by atoms with van der Waals surface area (Å²) in [7, 11) is 1.39. The molecule has 0 amide bonds. The van der Waals surface area contributed by atoms with Gasteiger partial charge in [0.2, 0.25) is 0 Å². The summed E-state index contributed by atoms with van der Waals surface area (Å²) in [4.78, 5) is 14.2. The average molecular weight is 369 g/mol. The molecule has 0 spiro atoms. The van der Waals surface area contributed by atoms with Crippen molar-refractivity contribution in [1.29, 1.82) is 0 Å². The summed E-state index contributed by atoms with van der Waals surface area (Å²) >= 11 is 0. The molecule has 5 heteroatoms. The lowest BCUT2D eigenvalue weighted by Gasteiger charge is -2.36. The number of piperidine rings is 1. The molecule has 1 N–H and O–H groups in total. The lowest BCUT2D eigenvalue weighted by atomic mass is 9.98. The Hall–Kier alpha value is -2.37. The molecule has 2 atom stereocenters. The summed E-state index contributed by atoms with van der Waals surface area (Å²) in [5, 5.41) is 9.94. The predicted molar refractivity (Wildman–Crippen MR) is 103 cm³/mol. The highest BCUT2D eigenvalue weighted by atomic mass is 16.5. The smallest absolute Gasteiger partial charge is 0.323 e. The van der Waals surface area contributed by atoms with E-state index in [0.717, 1.165) is 16.9 Å². The fourth-order valence-electron chi connectivity index (χ4n) is 3.49. The Morgan fingerprint density at radius 2 is 1.85 bits per heavy atom. The van der Waals surface area contributed by atoms with Crippen molar-refractivity contribution in [1.82, 2.24) is 4.90 Å². The molecule has 0 unspecified atom stereocenters. The van der Waals surface area contributed by atoms with Crippen LogP contribution in [-0.4, -0.2) is 41.8 Å². The van der Waals surface area contributed by atoms with E-state index in [0.29, 0.717) is 32.5 Å². The number of aryl methyl sites for hydroxylation is 1. The molecule has 1 aliphatic rings. The Morgan fingerprint density at radius 3 is 2.59 bits per heavy atom. The molecule has 5 nitrogen and oxygen atoms in total. The molecule has 1 aliphatic heterocycles. The third-order valence-electron chi connectivity index (χ3n) is 5.15. The number of methoxy groups -OCH3 is 1. The molecular formula is C22H27NO4. The van der Waals surface area contributed by atoms with Crippen LogP contribution in [0.25, 0.3) is 0 Å². The van der Waals surface area contributed by atoms with E-state index in [1.165, 1.54) is 12.7 Å². The zero-order valence-electron chi connectivity index (χ0n) is 15.9. The van der Waals surface area contributed by atoms with Crippen LogP contribution in [-0.2, 0) is 22.7 Å². The van der Waals surface area contributed by atoms with E-state index in [4.69, 9.17) is 9.47 Å². The predicted octanol–water partition coefficient (Wildman–Crippen LogP) is 3.07. The van der Waals surface area contributed by atoms with Crippen LogP contribution in [0, 0.1) is 6.92 Å². The van der Waals surface area contributed by atoms with Gasteiger partial charge in [-0.2, -0.15) is 0 Å². The van der Waals surface area contributed by atoms with Crippen LogP contribution in [0.1, 0.15) is 29.5 Å². The number of ether oxygens (including phenoxy) is 2. The molecular weight excluding hydrogens is 342 g/mol. The van der Waals surface area contributed by atoms with Crippen LogP contribution in [0.3, 0.4) is 0 Å². The molecule has 0 bridgehead atoms. The first-order valence-corrected chi connectivity index (χ1v) is 9.33. The number of aliphatic hydroxyl groups is 1. The fourth-order valence-corrected chi connectivity index (χ4v) is 3.49. The Bertz CT molecular complexity index is 776. The van der Waals surface area contributed by atoms with Crippen molar-refractivity contribution >= 4 is 5.97 Å². The van der Waals surface area contributed by atoms with Gasteiger partial charge in [-0.15, -0.1) is 0 Å². The second-order valence-electron chi connectivity index (χ2n) is 7.01. The lowest BCUT2D eigenvalue weighted by Crippen LogP contribution is -2.48. The van der Waals surface area contributed by atoms with Crippen LogP contribution < -0.4 is 4.74 Å². The first-order chi connectivity index (χ1) is 13.1. The van der Waals surface area contributed by atoms with Crippen LogP contribution >= 0.6 is 0 Å². The number of likely N-dealkylation sites (tertiary alicyclic amines) is 1. The quantitative estimate of drug-likeness (QED) is 0.793. The zero-order chi connectivity index (χ0) is 19.2. The van der Waals surface area contributed by atoms with Gasteiger partial charge in [-0.3, -0.25) is 9.69 Å². The summed E-state index contributed by atoms with van der Waals surface area (Å²) in [6.45, 7) is 3.80. The molecule has 1 saturated heterocycles. The number of para-hydroxylation sites is 1. The lowest BCUT2D eigenvalue weighted by molar-refractivity contribution is -0.150. The van der Waals surface area contributed by atoms with Crippen molar-refractivity contribution in [2.45, 2.75) is 45.1 Å². The maximum atomic E-state index is 12.1. The van der Waals surface area contributed by atoms with Gasteiger partial charge in [0.05, 0.1) is 13.2 Å². The highest BCUT2D eigenvalue weighted by Crippen LogP contribution is 2.26. The minimum atomic E-state index is -0.460. The fraction of sp³-hybridized carbons (Fsp3) is 0.409.